The van der Waals surface area contributed by atoms with E-state index < -0.39 is 0 Å². The summed E-state index contributed by atoms with van der Waals surface area (Å²) in [7, 11) is 0. The van der Waals surface area contributed by atoms with Crippen molar-refractivity contribution in [3.8, 4) is 44.5 Å². The molecule has 0 radical (unpaired) electrons. The van der Waals surface area contributed by atoms with Crippen LogP contribution in [0.25, 0.3) is 108 Å². The molecule has 1 aliphatic rings. The molecule has 0 bridgehead atoms. The number of benzene rings is 10. The quantitative estimate of drug-likeness (QED) is 0.159. The largest absolute Gasteiger partial charge is 0.135 e. The maximum atomic E-state index is 2.52. The summed E-state index contributed by atoms with van der Waals surface area (Å²) in [5.74, 6) is 0. The summed E-state index contributed by atoms with van der Waals surface area (Å²) in [4.78, 5) is 0. The Kier molecular flexibility index (Phi) is 6.66. The van der Waals surface area contributed by atoms with Gasteiger partial charge in [-0.25, -0.2) is 0 Å². The molecule has 0 atom stereocenters. The molecule has 262 valence electrons. The number of thiophene rings is 1. The van der Waals surface area contributed by atoms with Crippen LogP contribution in [0.1, 0.15) is 25.0 Å². The second-order valence-electron chi connectivity index (χ2n) is 16.0. The van der Waals surface area contributed by atoms with Crippen molar-refractivity contribution in [1.29, 1.82) is 0 Å². The Morgan fingerprint density at radius 3 is 1.61 bits per heavy atom. The molecule has 0 N–H and O–H groups in total. The van der Waals surface area contributed by atoms with Gasteiger partial charge in [-0.15, -0.1) is 11.3 Å². The number of hydrogen-bond acceptors (Lipinski definition) is 1. The lowest BCUT2D eigenvalue weighted by Crippen LogP contribution is -2.16. The van der Waals surface area contributed by atoms with Crippen molar-refractivity contribution >= 4 is 74.6 Å². The highest BCUT2D eigenvalue weighted by atomic mass is 32.1. The zero-order chi connectivity index (χ0) is 37.1. The van der Waals surface area contributed by atoms with E-state index >= 15 is 0 Å². The van der Waals surface area contributed by atoms with E-state index in [0.717, 1.165) is 0 Å². The molecule has 0 amide bonds. The Morgan fingerprint density at radius 1 is 0.357 bits per heavy atom. The highest BCUT2D eigenvalue weighted by molar-refractivity contribution is 7.26. The molecule has 0 saturated heterocycles. The molecule has 1 heteroatoms. The molecule has 0 aliphatic heterocycles. The summed E-state index contributed by atoms with van der Waals surface area (Å²) in [6.45, 7) is 4.83. The molecule has 11 aromatic rings. The van der Waals surface area contributed by atoms with E-state index in [1.165, 1.54) is 119 Å². The van der Waals surface area contributed by atoms with Gasteiger partial charge in [-0.2, -0.15) is 0 Å². The number of rotatable bonds is 3. The van der Waals surface area contributed by atoms with E-state index in [0.29, 0.717) is 0 Å². The second kappa shape index (κ2) is 11.7. The fraction of sp³-hybridized carbons (Fsp3) is 0.0545. The minimum atomic E-state index is -0.141. The molecule has 10 aromatic carbocycles. The molecule has 0 nitrogen and oxygen atoms in total. The van der Waals surface area contributed by atoms with Crippen LogP contribution in [0.3, 0.4) is 0 Å². The molecular formula is C55H36S. The summed E-state index contributed by atoms with van der Waals surface area (Å²) in [5.41, 5.74) is 13.1. The Morgan fingerprint density at radius 2 is 0.893 bits per heavy atom. The first-order valence-electron chi connectivity index (χ1n) is 19.6. The summed E-state index contributed by atoms with van der Waals surface area (Å²) < 4.78 is 2.72. The zero-order valence-corrected chi connectivity index (χ0v) is 32.0. The summed E-state index contributed by atoms with van der Waals surface area (Å²) in [6.07, 6.45) is 0. The molecule has 0 spiro atoms. The van der Waals surface area contributed by atoms with E-state index in [-0.39, 0.29) is 5.41 Å². The van der Waals surface area contributed by atoms with Crippen LogP contribution >= 0.6 is 11.3 Å². The van der Waals surface area contributed by atoms with Crippen molar-refractivity contribution in [1.82, 2.24) is 0 Å². The number of hydrogen-bond donors (Lipinski definition) is 0. The van der Waals surface area contributed by atoms with Gasteiger partial charge in [-0.3, -0.25) is 0 Å². The maximum Gasteiger partial charge on any atom is 0.0434 e. The van der Waals surface area contributed by atoms with Gasteiger partial charge in [-0.05, 0) is 118 Å². The molecule has 0 fully saturated rings. The summed E-state index contributed by atoms with van der Waals surface area (Å²) >= 11 is 1.92. The minimum Gasteiger partial charge on any atom is -0.135 e. The van der Waals surface area contributed by atoms with Gasteiger partial charge in [0.2, 0.25) is 0 Å². The van der Waals surface area contributed by atoms with Gasteiger partial charge in [0, 0.05) is 31.0 Å². The van der Waals surface area contributed by atoms with E-state index in [9.17, 15) is 0 Å². The fourth-order valence-corrected chi connectivity index (χ4v) is 11.3. The van der Waals surface area contributed by atoms with Crippen molar-refractivity contribution in [2.75, 3.05) is 0 Å². The third-order valence-electron chi connectivity index (χ3n) is 12.6. The monoisotopic (exact) mass is 728 g/mol. The van der Waals surface area contributed by atoms with Gasteiger partial charge in [0.15, 0.2) is 0 Å². The van der Waals surface area contributed by atoms with Crippen molar-refractivity contribution in [2.45, 2.75) is 19.3 Å². The predicted molar refractivity (Wildman–Crippen MR) is 243 cm³/mol. The van der Waals surface area contributed by atoms with E-state index in [1.54, 1.807) is 0 Å². The lowest BCUT2D eigenvalue weighted by molar-refractivity contribution is 0.662. The van der Waals surface area contributed by atoms with Gasteiger partial charge in [0.25, 0.3) is 0 Å². The third kappa shape index (κ3) is 4.41. The van der Waals surface area contributed by atoms with Crippen molar-refractivity contribution < 1.29 is 0 Å². The van der Waals surface area contributed by atoms with Crippen LogP contribution in [0.4, 0.5) is 0 Å². The van der Waals surface area contributed by atoms with Crippen LogP contribution in [0, 0.1) is 0 Å². The SMILES string of the molecule is CC1(C)c2ccccc2-c2c1c(-c1ccc3cc(-c4c5ccccc5c(-c5ccccc5)c5ccccc45)ccc3c1)cc1c2ccc2c3ccccc3sc12. The Labute approximate surface area is 329 Å². The highest BCUT2D eigenvalue weighted by Crippen LogP contribution is 2.56. The van der Waals surface area contributed by atoms with E-state index in [2.05, 4.69) is 196 Å². The first-order valence-corrected chi connectivity index (χ1v) is 20.4. The molecule has 12 rings (SSSR count). The van der Waals surface area contributed by atoms with Gasteiger partial charge in [-0.1, -0.05) is 172 Å². The normalized spacial score (nSPS) is 13.3. The predicted octanol–water partition coefficient (Wildman–Crippen LogP) is 16.0. The second-order valence-corrected chi connectivity index (χ2v) is 17.0. The Hall–Kier alpha value is -6.54. The highest BCUT2D eigenvalue weighted by Gasteiger charge is 2.39. The average Bonchev–Trinajstić information content (AvgIpc) is 3.75. The smallest absolute Gasteiger partial charge is 0.0434 e. The number of fused-ring (bicyclic) bond motifs is 12. The molecule has 1 heterocycles. The van der Waals surface area contributed by atoms with Gasteiger partial charge < -0.3 is 0 Å². The van der Waals surface area contributed by atoms with Crippen molar-refractivity contribution in [3.05, 3.63) is 193 Å². The first-order chi connectivity index (χ1) is 27.5. The molecule has 1 aliphatic carbocycles. The molecule has 0 saturated carbocycles. The van der Waals surface area contributed by atoms with Gasteiger partial charge >= 0.3 is 0 Å². The average molecular weight is 729 g/mol. The Balaban J connectivity index is 1.09. The van der Waals surface area contributed by atoms with Crippen LogP contribution < -0.4 is 0 Å². The zero-order valence-electron chi connectivity index (χ0n) is 31.2. The lowest BCUT2D eigenvalue weighted by atomic mass is 9.77. The van der Waals surface area contributed by atoms with Crippen molar-refractivity contribution in [2.24, 2.45) is 0 Å². The summed E-state index contributed by atoms with van der Waals surface area (Å²) in [6, 6.07) is 68.1. The van der Waals surface area contributed by atoms with Crippen LogP contribution in [-0.2, 0) is 5.41 Å². The van der Waals surface area contributed by atoms with E-state index in [1.807, 2.05) is 11.3 Å². The molecule has 56 heavy (non-hydrogen) atoms. The van der Waals surface area contributed by atoms with Gasteiger partial charge in [0.1, 0.15) is 0 Å². The first kappa shape index (κ1) is 31.8. The Bertz CT molecular complexity index is 3380. The van der Waals surface area contributed by atoms with Crippen LogP contribution in [0.2, 0.25) is 0 Å². The van der Waals surface area contributed by atoms with Crippen LogP contribution in [-0.4, -0.2) is 0 Å². The van der Waals surface area contributed by atoms with Gasteiger partial charge in [0.05, 0.1) is 0 Å². The van der Waals surface area contributed by atoms with Crippen molar-refractivity contribution in [3.63, 3.8) is 0 Å². The van der Waals surface area contributed by atoms with Crippen LogP contribution in [0.5, 0.6) is 0 Å². The van der Waals surface area contributed by atoms with Crippen LogP contribution in [0.15, 0.2) is 182 Å². The minimum absolute atomic E-state index is 0.141. The maximum absolute atomic E-state index is 2.52. The standard InChI is InChI=1S/C55H36S/c1-55(2)48-22-12-10-21-45(48)52-43-28-29-44-38-16-11-13-23-49(38)56-54(44)47(43)32-46(53(52)55)36-26-24-35-31-37(27-25-34(35)30-36)51-41-19-8-6-17-39(41)50(33-14-4-3-5-15-33)40-18-7-9-20-42(40)51/h3-32H,1-2H3. The topological polar surface area (TPSA) is 0 Å². The van der Waals surface area contributed by atoms with E-state index in [4.69, 9.17) is 0 Å². The summed E-state index contributed by atoms with van der Waals surface area (Å²) in [5, 5.41) is 13.0. The molecule has 0 unspecified atom stereocenters. The lowest BCUT2D eigenvalue weighted by Gasteiger charge is -2.25. The third-order valence-corrected chi connectivity index (χ3v) is 13.8. The molecular weight excluding hydrogens is 693 g/mol. The fourth-order valence-electron chi connectivity index (χ4n) is 10.1. The molecule has 1 aromatic heterocycles.